The summed E-state index contributed by atoms with van der Waals surface area (Å²) in [6, 6.07) is 0. The van der Waals surface area contributed by atoms with E-state index in [1.807, 2.05) is 13.8 Å². The van der Waals surface area contributed by atoms with E-state index < -0.39 is 0 Å². The standard InChI is InChI=1S/C11H22N2OS/c1-7(2)5-6-13-11(14)9(8(3)4)10(12)15/h7-9H,5-6H2,1-4H3,(H2,12,15)(H,13,14). The molecule has 3 nitrogen and oxygen atoms in total. The number of hydrogen-bond donors (Lipinski definition) is 2. The third kappa shape index (κ3) is 5.72. The Balaban J connectivity index is 4.10. The highest BCUT2D eigenvalue weighted by atomic mass is 32.1. The lowest BCUT2D eigenvalue weighted by Gasteiger charge is -2.19. The second-order valence-corrected chi connectivity index (χ2v) is 5.07. The van der Waals surface area contributed by atoms with Crippen LogP contribution in [-0.2, 0) is 4.79 Å². The van der Waals surface area contributed by atoms with Gasteiger partial charge in [0.25, 0.3) is 0 Å². The highest BCUT2D eigenvalue weighted by molar-refractivity contribution is 7.80. The fraction of sp³-hybridized carbons (Fsp3) is 0.818. The molecule has 1 atom stereocenters. The van der Waals surface area contributed by atoms with Crippen molar-refractivity contribution in [3.05, 3.63) is 0 Å². The molecular weight excluding hydrogens is 208 g/mol. The van der Waals surface area contributed by atoms with Gasteiger partial charge in [0.15, 0.2) is 0 Å². The summed E-state index contributed by atoms with van der Waals surface area (Å²) in [6.45, 7) is 8.85. The summed E-state index contributed by atoms with van der Waals surface area (Å²) in [5, 5.41) is 2.87. The fourth-order valence-electron chi connectivity index (χ4n) is 1.35. The maximum Gasteiger partial charge on any atom is 0.230 e. The molecule has 0 heterocycles. The van der Waals surface area contributed by atoms with Crippen LogP contribution in [0.4, 0.5) is 0 Å². The average molecular weight is 230 g/mol. The first-order chi connectivity index (χ1) is 6.86. The molecule has 4 heteroatoms. The Bertz CT molecular complexity index is 227. The van der Waals surface area contributed by atoms with Gasteiger partial charge in [-0.1, -0.05) is 39.9 Å². The minimum atomic E-state index is -0.341. The first-order valence-corrected chi connectivity index (χ1v) is 5.84. The van der Waals surface area contributed by atoms with Crippen LogP contribution in [0.15, 0.2) is 0 Å². The van der Waals surface area contributed by atoms with Gasteiger partial charge in [-0.15, -0.1) is 0 Å². The number of amides is 1. The van der Waals surface area contributed by atoms with Crippen LogP contribution in [0.1, 0.15) is 34.1 Å². The highest BCUT2D eigenvalue weighted by Gasteiger charge is 2.24. The molecule has 0 aromatic rings. The van der Waals surface area contributed by atoms with Crippen molar-refractivity contribution in [3.63, 3.8) is 0 Å². The van der Waals surface area contributed by atoms with E-state index in [0.29, 0.717) is 12.5 Å². The van der Waals surface area contributed by atoms with Gasteiger partial charge in [-0.3, -0.25) is 4.79 Å². The van der Waals surface area contributed by atoms with Gasteiger partial charge in [0.1, 0.15) is 0 Å². The Kier molecular flexibility index (Phi) is 6.48. The molecule has 0 saturated carbocycles. The van der Waals surface area contributed by atoms with Crippen LogP contribution < -0.4 is 11.1 Å². The Labute approximate surface area is 97.8 Å². The summed E-state index contributed by atoms with van der Waals surface area (Å²) < 4.78 is 0. The number of carbonyl (C=O) groups excluding carboxylic acids is 1. The Hall–Kier alpha value is -0.640. The SMILES string of the molecule is CC(C)CCNC(=O)C(C(N)=S)C(C)C. The monoisotopic (exact) mass is 230 g/mol. The fourth-order valence-corrected chi connectivity index (χ4v) is 1.73. The van der Waals surface area contributed by atoms with Gasteiger partial charge < -0.3 is 11.1 Å². The lowest BCUT2D eigenvalue weighted by molar-refractivity contribution is -0.124. The van der Waals surface area contributed by atoms with E-state index in [2.05, 4.69) is 19.2 Å². The molecule has 0 aromatic carbocycles. The van der Waals surface area contributed by atoms with E-state index in [1.165, 1.54) is 0 Å². The molecule has 0 saturated heterocycles. The number of rotatable bonds is 6. The summed E-state index contributed by atoms with van der Waals surface area (Å²) in [7, 11) is 0. The zero-order chi connectivity index (χ0) is 12.0. The first kappa shape index (κ1) is 14.4. The van der Waals surface area contributed by atoms with Crippen molar-refractivity contribution in [2.24, 2.45) is 23.5 Å². The molecule has 3 N–H and O–H groups in total. The summed E-state index contributed by atoms with van der Waals surface area (Å²) in [5.74, 6) is 0.361. The molecule has 0 aromatic heterocycles. The van der Waals surface area contributed by atoms with E-state index in [-0.39, 0.29) is 22.7 Å². The quantitative estimate of drug-likeness (QED) is 0.683. The van der Waals surface area contributed by atoms with Gasteiger partial charge in [0.2, 0.25) is 5.91 Å². The summed E-state index contributed by atoms with van der Waals surface area (Å²) in [4.78, 5) is 12.0. The Morgan fingerprint density at radius 2 is 1.87 bits per heavy atom. The lowest BCUT2D eigenvalue weighted by atomic mass is 9.95. The zero-order valence-corrected chi connectivity index (χ0v) is 10.9. The molecule has 0 fully saturated rings. The molecule has 1 amide bonds. The molecule has 0 radical (unpaired) electrons. The van der Waals surface area contributed by atoms with Crippen LogP contribution in [0, 0.1) is 17.8 Å². The Morgan fingerprint density at radius 3 is 2.20 bits per heavy atom. The summed E-state index contributed by atoms with van der Waals surface area (Å²) in [5.41, 5.74) is 5.54. The molecule has 0 aliphatic carbocycles. The van der Waals surface area contributed by atoms with Crippen LogP contribution in [-0.4, -0.2) is 17.4 Å². The number of thiocarbonyl (C=S) groups is 1. The van der Waals surface area contributed by atoms with Crippen LogP contribution in [0.25, 0.3) is 0 Å². The number of nitrogens with two attached hydrogens (primary N) is 1. The topological polar surface area (TPSA) is 55.1 Å². The number of carbonyl (C=O) groups is 1. The molecule has 0 aliphatic heterocycles. The largest absolute Gasteiger partial charge is 0.393 e. The van der Waals surface area contributed by atoms with Gasteiger partial charge in [0.05, 0.1) is 10.9 Å². The predicted octanol–water partition coefficient (Wildman–Crippen LogP) is 1.71. The van der Waals surface area contributed by atoms with Crippen LogP contribution >= 0.6 is 12.2 Å². The van der Waals surface area contributed by atoms with Crippen molar-refractivity contribution in [1.29, 1.82) is 0 Å². The molecule has 0 spiro atoms. The molecule has 0 rings (SSSR count). The third-order valence-electron chi connectivity index (χ3n) is 2.28. The van der Waals surface area contributed by atoms with Gasteiger partial charge in [-0.25, -0.2) is 0 Å². The van der Waals surface area contributed by atoms with Crippen molar-refractivity contribution in [3.8, 4) is 0 Å². The van der Waals surface area contributed by atoms with Crippen molar-refractivity contribution in [1.82, 2.24) is 5.32 Å². The van der Waals surface area contributed by atoms with Crippen LogP contribution in [0.2, 0.25) is 0 Å². The normalized spacial score (nSPS) is 12.9. The van der Waals surface area contributed by atoms with Crippen molar-refractivity contribution >= 4 is 23.1 Å². The minimum absolute atomic E-state index is 0.0434. The Morgan fingerprint density at radius 1 is 1.33 bits per heavy atom. The van der Waals surface area contributed by atoms with Gasteiger partial charge in [-0.05, 0) is 18.3 Å². The molecule has 1 unspecified atom stereocenters. The van der Waals surface area contributed by atoms with E-state index in [9.17, 15) is 4.79 Å². The van der Waals surface area contributed by atoms with E-state index in [0.717, 1.165) is 6.42 Å². The summed E-state index contributed by atoms with van der Waals surface area (Å²) >= 11 is 4.89. The molecule has 0 aliphatic rings. The smallest absolute Gasteiger partial charge is 0.230 e. The van der Waals surface area contributed by atoms with E-state index in [1.54, 1.807) is 0 Å². The minimum Gasteiger partial charge on any atom is -0.393 e. The second kappa shape index (κ2) is 6.77. The van der Waals surface area contributed by atoms with Gasteiger partial charge >= 0.3 is 0 Å². The molecule has 88 valence electrons. The second-order valence-electron chi connectivity index (χ2n) is 4.60. The lowest BCUT2D eigenvalue weighted by Crippen LogP contribution is -2.41. The van der Waals surface area contributed by atoms with Crippen molar-refractivity contribution < 1.29 is 4.79 Å². The highest BCUT2D eigenvalue weighted by Crippen LogP contribution is 2.11. The summed E-state index contributed by atoms with van der Waals surface area (Å²) in [6.07, 6.45) is 0.980. The van der Waals surface area contributed by atoms with Crippen LogP contribution in [0.3, 0.4) is 0 Å². The molecule has 0 bridgehead atoms. The maximum atomic E-state index is 11.7. The third-order valence-corrected chi connectivity index (χ3v) is 2.53. The van der Waals surface area contributed by atoms with Crippen LogP contribution in [0.5, 0.6) is 0 Å². The zero-order valence-electron chi connectivity index (χ0n) is 10.0. The van der Waals surface area contributed by atoms with Gasteiger partial charge in [-0.2, -0.15) is 0 Å². The van der Waals surface area contributed by atoms with Crippen molar-refractivity contribution in [2.75, 3.05) is 6.54 Å². The molecule has 15 heavy (non-hydrogen) atoms. The van der Waals surface area contributed by atoms with Crippen molar-refractivity contribution in [2.45, 2.75) is 34.1 Å². The number of hydrogen-bond acceptors (Lipinski definition) is 2. The molecular formula is C11H22N2OS. The average Bonchev–Trinajstić information content (AvgIpc) is 2.01. The van der Waals surface area contributed by atoms with Gasteiger partial charge in [0, 0.05) is 6.54 Å². The first-order valence-electron chi connectivity index (χ1n) is 5.43. The predicted molar refractivity (Wildman–Crippen MR) is 67.6 cm³/mol. The van der Waals surface area contributed by atoms with E-state index >= 15 is 0 Å². The van der Waals surface area contributed by atoms with E-state index in [4.69, 9.17) is 18.0 Å². The number of nitrogens with one attached hydrogen (secondary N) is 1. The maximum absolute atomic E-state index is 11.7.